The molecule has 4 atom stereocenters. The Morgan fingerprint density at radius 1 is 1.09 bits per heavy atom. The predicted molar refractivity (Wildman–Crippen MR) is 114 cm³/mol. The summed E-state index contributed by atoms with van der Waals surface area (Å²) in [5.74, 6) is -2.12. The Balaban J connectivity index is 2.31. The van der Waals surface area contributed by atoms with Crippen LogP contribution >= 0.6 is 0 Å². The van der Waals surface area contributed by atoms with E-state index in [0.29, 0.717) is 23.6 Å². The van der Waals surface area contributed by atoms with Gasteiger partial charge in [-0.15, -0.1) is 0 Å². The molecule has 2 heterocycles. The van der Waals surface area contributed by atoms with Gasteiger partial charge in [0, 0.05) is 0 Å². The number of rotatable bonds is 10. The minimum Gasteiger partial charge on any atom is -0.449 e. The number of carbonyl (C=O) groups is 2. The zero-order chi connectivity index (χ0) is 24.5. The van der Waals surface area contributed by atoms with E-state index in [2.05, 4.69) is 4.98 Å². The smallest absolute Gasteiger partial charge is 0.425 e. The first-order valence-electron chi connectivity index (χ1n) is 11.2. The number of imide groups is 1. The Hall–Kier alpha value is -2.57. The van der Waals surface area contributed by atoms with Crippen molar-refractivity contribution in [3.63, 3.8) is 0 Å². The van der Waals surface area contributed by atoms with Crippen LogP contribution in [-0.4, -0.2) is 63.5 Å². The summed E-state index contributed by atoms with van der Waals surface area (Å²) in [6.07, 6.45) is -2.43. The number of amides is 2. The van der Waals surface area contributed by atoms with Gasteiger partial charge in [-0.25, -0.2) is 18.8 Å². The summed E-state index contributed by atoms with van der Waals surface area (Å²) < 4.78 is 31.0. The number of ether oxygens (including phenoxy) is 3. The topological polar surface area (TPSA) is 140 Å². The number of carbonyl (C=O) groups excluding carboxylic acids is 2. The molecule has 2 amide bonds. The number of aliphatic hydroxyl groups excluding tert-OH is 2. The molecule has 0 bridgehead atoms. The largest absolute Gasteiger partial charge is 0.449 e. The summed E-state index contributed by atoms with van der Waals surface area (Å²) >= 11 is 0. The molecular formula is C21H32FN3O8. The molecule has 0 unspecified atom stereocenters. The quantitative estimate of drug-likeness (QED) is 0.490. The fourth-order valence-corrected chi connectivity index (χ4v) is 3.23. The van der Waals surface area contributed by atoms with Crippen molar-refractivity contribution in [1.29, 1.82) is 0 Å². The van der Waals surface area contributed by atoms with E-state index in [1.54, 1.807) is 0 Å². The summed E-state index contributed by atoms with van der Waals surface area (Å²) in [7, 11) is 0. The van der Waals surface area contributed by atoms with Crippen LogP contribution in [0.4, 0.5) is 19.8 Å². The van der Waals surface area contributed by atoms with Gasteiger partial charge in [0.05, 0.1) is 25.5 Å². The van der Waals surface area contributed by atoms with Gasteiger partial charge in [-0.2, -0.15) is 9.88 Å². The van der Waals surface area contributed by atoms with Crippen LogP contribution in [-0.2, 0) is 14.2 Å². The molecule has 2 N–H and O–H groups in total. The highest BCUT2D eigenvalue weighted by atomic mass is 19.1. The molecule has 1 aromatic heterocycles. The van der Waals surface area contributed by atoms with Gasteiger partial charge in [-0.3, -0.25) is 4.57 Å². The third-order valence-corrected chi connectivity index (χ3v) is 5.16. The number of aliphatic hydroxyl groups is 2. The van der Waals surface area contributed by atoms with Crippen molar-refractivity contribution in [2.75, 3.05) is 18.1 Å². The van der Waals surface area contributed by atoms with Gasteiger partial charge < -0.3 is 24.4 Å². The van der Waals surface area contributed by atoms with Gasteiger partial charge in [0.15, 0.2) is 17.9 Å². The lowest BCUT2D eigenvalue weighted by Gasteiger charge is -2.21. The van der Waals surface area contributed by atoms with Crippen molar-refractivity contribution < 1.29 is 38.4 Å². The second kappa shape index (κ2) is 12.6. The Kier molecular flexibility index (Phi) is 10.2. The van der Waals surface area contributed by atoms with Gasteiger partial charge in [0.25, 0.3) is 0 Å². The minimum absolute atomic E-state index is 0.0111. The number of hydrogen-bond acceptors (Lipinski definition) is 9. The van der Waals surface area contributed by atoms with E-state index in [0.717, 1.165) is 25.7 Å². The maximum Gasteiger partial charge on any atom is 0.425 e. The van der Waals surface area contributed by atoms with Crippen molar-refractivity contribution in [2.45, 2.75) is 83.8 Å². The van der Waals surface area contributed by atoms with E-state index in [4.69, 9.17) is 14.2 Å². The summed E-state index contributed by atoms with van der Waals surface area (Å²) in [5, 5.41) is 19.9. The van der Waals surface area contributed by atoms with Crippen LogP contribution in [0.3, 0.4) is 0 Å². The first-order chi connectivity index (χ1) is 15.7. The van der Waals surface area contributed by atoms with Gasteiger partial charge >= 0.3 is 17.9 Å². The Labute approximate surface area is 191 Å². The van der Waals surface area contributed by atoms with Crippen molar-refractivity contribution in [1.82, 2.24) is 9.55 Å². The molecule has 12 heteroatoms. The molecule has 1 aliphatic rings. The third kappa shape index (κ3) is 6.71. The van der Waals surface area contributed by atoms with Crippen molar-refractivity contribution in [3.8, 4) is 0 Å². The Morgan fingerprint density at radius 3 is 2.09 bits per heavy atom. The predicted octanol–water partition coefficient (Wildman–Crippen LogP) is 2.48. The zero-order valence-corrected chi connectivity index (χ0v) is 19.1. The lowest BCUT2D eigenvalue weighted by molar-refractivity contribution is -0.0355. The summed E-state index contributed by atoms with van der Waals surface area (Å²) in [6.45, 7) is 5.37. The monoisotopic (exact) mass is 473 g/mol. The average molecular weight is 473 g/mol. The van der Waals surface area contributed by atoms with Gasteiger partial charge in [0.1, 0.15) is 12.2 Å². The second-order valence-corrected chi connectivity index (χ2v) is 7.79. The van der Waals surface area contributed by atoms with Gasteiger partial charge in [0.2, 0.25) is 0 Å². The molecule has 1 aliphatic heterocycles. The molecular weight excluding hydrogens is 441 g/mol. The molecule has 1 saturated heterocycles. The highest BCUT2D eigenvalue weighted by Crippen LogP contribution is 2.29. The van der Waals surface area contributed by atoms with E-state index < -0.39 is 54.1 Å². The van der Waals surface area contributed by atoms with E-state index in [1.807, 2.05) is 13.8 Å². The van der Waals surface area contributed by atoms with E-state index in [-0.39, 0.29) is 18.1 Å². The lowest BCUT2D eigenvalue weighted by atomic mass is 10.1. The maximum atomic E-state index is 15.0. The molecule has 11 nitrogen and oxygen atoms in total. The number of unbranched alkanes of at least 4 members (excludes halogenated alkanes) is 4. The average Bonchev–Trinajstić information content (AvgIpc) is 3.03. The second-order valence-electron chi connectivity index (χ2n) is 7.79. The van der Waals surface area contributed by atoms with Crippen molar-refractivity contribution in [3.05, 3.63) is 22.5 Å². The van der Waals surface area contributed by atoms with Crippen LogP contribution in [0.25, 0.3) is 0 Å². The van der Waals surface area contributed by atoms with Crippen LogP contribution in [0, 0.1) is 5.82 Å². The third-order valence-electron chi connectivity index (χ3n) is 5.16. The molecule has 0 radical (unpaired) electrons. The fraction of sp³-hybridized carbons (Fsp3) is 0.714. The maximum absolute atomic E-state index is 15.0. The van der Waals surface area contributed by atoms with Crippen LogP contribution in [0.1, 0.15) is 65.5 Å². The highest BCUT2D eigenvalue weighted by molar-refractivity contribution is 6.08. The van der Waals surface area contributed by atoms with Crippen molar-refractivity contribution >= 4 is 18.0 Å². The molecule has 0 saturated carbocycles. The molecule has 1 aromatic rings. The Morgan fingerprint density at radius 2 is 1.64 bits per heavy atom. The number of hydrogen-bond donors (Lipinski definition) is 2. The molecule has 33 heavy (non-hydrogen) atoms. The molecule has 1 fully saturated rings. The lowest BCUT2D eigenvalue weighted by Crippen LogP contribution is -2.42. The Bertz CT molecular complexity index is 840. The van der Waals surface area contributed by atoms with E-state index >= 15 is 0 Å². The van der Waals surface area contributed by atoms with Crippen molar-refractivity contribution in [2.24, 2.45) is 0 Å². The number of anilines is 1. The number of halogens is 1. The summed E-state index contributed by atoms with van der Waals surface area (Å²) in [5.41, 5.74) is -1.11. The van der Waals surface area contributed by atoms with Crippen LogP contribution < -0.4 is 10.6 Å². The molecule has 0 spiro atoms. The molecule has 186 valence electrons. The standard InChI is InChI=1S/C21H32FN3O8/c1-4-6-8-10-31-20(29)25(21(30)32-11-9-7-5-2)17-14(22)12-24(19(28)23-17)18-16(27)15(26)13(3)33-18/h12-13,15-16,18,26-27H,4-11H2,1-3H3/t13-,15-,16-,18-/m1/s1. The molecule has 0 aliphatic carbocycles. The fourth-order valence-electron chi connectivity index (χ4n) is 3.23. The summed E-state index contributed by atoms with van der Waals surface area (Å²) in [6, 6.07) is 0. The molecule has 0 aromatic carbocycles. The normalized spacial score (nSPS) is 22.2. The SMILES string of the molecule is CCCCCOC(=O)N(C(=O)OCCCCC)c1nc(=O)n([C@@H]2O[C@H](C)[C@@H](O)[C@H]2O)cc1F. The van der Waals surface area contributed by atoms with Gasteiger partial charge in [-0.05, 0) is 19.8 Å². The highest BCUT2D eigenvalue weighted by Gasteiger charge is 2.42. The number of aromatic nitrogens is 2. The van der Waals surface area contributed by atoms with Crippen LogP contribution in [0.15, 0.2) is 11.0 Å². The van der Waals surface area contributed by atoms with Crippen LogP contribution in [0.2, 0.25) is 0 Å². The first kappa shape index (κ1) is 26.7. The first-order valence-corrected chi connectivity index (χ1v) is 11.2. The summed E-state index contributed by atoms with van der Waals surface area (Å²) in [4.78, 5) is 41.5. The molecule has 2 rings (SSSR count). The van der Waals surface area contributed by atoms with E-state index in [1.165, 1.54) is 6.92 Å². The zero-order valence-electron chi connectivity index (χ0n) is 19.1. The van der Waals surface area contributed by atoms with Crippen LogP contribution in [0.5, 0.6) is 0 Å². The minimum atomic E-state index is -1.51. The number of nitrogens with zero attached hydrogens (tertiary/aromatic N) is 3. The van der Waals surface area contributed by atoms with Gasteiger partial charge in [-0.1, -0.05) is 39.5 Å². The van der Waals surface area contributed by atoms with E-state index in [9.17, 15) is 29.0 Å².